The highest BCUT2D eigenvalue weighted by molar-refractivity contribution is 6.16. The van der Waals surface area contributed by atoms with Crippen LogP contribution in [0.25, 0.3) is 55.3 Å². The molecule has 4 aliphatic carbocycles. The van der Waals surface area contributed by atoms with Crippen molar-refractivity contribution in [1.82, 2.24) is 0 Å². The molecule has 0 amide bonds. The zero-order valence-electron chi connectivity index (χ0n) is 40.7. The molecule has 16 rings (SSSR count). The molecule has 12 aromatic carbocycles. The quantitative estimate of drug-likeness (QED) is 0.146. The normalized spacial score (nSPS) is 14.1. The molecule has 74 heavy (non-hydrogen) atoms. The average Bonchev–Trinajstić information content (AvgIpc) is 4.12. The van der Waals surface area contributed by atoms with Crippen molar-refractivity contribution >= 4 is 10.8 Å². The highest BCUT2D eigenvalue weighted by atomic mass is 14.6. The van der Waals surface area contributed by atoms with Crippen LogP contribution in [-0.4, -0.2) is 0 Å². The van der Waals surface area contributed by atoms with Gasteiger partial charge in [0.15, 0.2) is 0 Å². The van der Waals surface area contributed by atoms with Crippen LogP contribution < -0.4 is 0 Å². The number of hydrogen-bond acceptors (Lipinski definition) is 0. The summed E-state index contributed by atoms with van der Waals surface area (Å²) in [6, 6.07) is 107. The molecule has 2 spiro atoms. The van der Waals surface area contributed by atoms with Gasteiger partial charge in [-0.05, 0) is 133 Å². The zero-order chi connectivity index (χ0) is 48.5. The van der Waals surface area contributed by atoms with E-state index in [0.717, 1.165) is 0 Å². The SMILES string of the molecule is c1ccc(C(c2ccccc2)c2ccc3c(c2)C2(c4ccccc4-c4ccccc42)c2ccc4c5c(ccc-3c25)-c2ccc(C(c3ccccc3)c3ccccc3)cc2C42c3ccccc3-c3ccccc32)cc1. The molecule has 0 bridgehead atoms. The second kappa shape index (κ2) is 15.7. The van der Waals surface area contributed by atoms with Crippen molar-refractivity contribution in [3.8, 4) is 44.5 Å². The lowest BCUT2D eigenvalue weighted by atomic mass is 9.56. The van der Waals surface area contributed by atoms with Crippen LogP contribution in [0.1, 0.15) is 89.7 Å². The number of benzene rings is 12. The summed E-state index contributed by atoms with van der Waals surface area (Å²) < 4.78 is 0. The monoisotopic (exact) mass is 936 g/mol. The Bertz CT molecular complexity index is 3790. The second-order valence-corrected chi connectivity index (χ2v) is 20.9. The maximum atomic E-state index is 2.60. The first-order valence-electron chi connectivity index (χ1n) is 26.2. The number of fused-ring (bicyclic) bond motifs is 18. The fourth-order valence-electron chi connectivity index (χ4n) is 14.8. The van der Waals surface area contributed by atoms with Gasteiger partial charge in [-0.1, -0.05) is 279 Å². The first-order chi connectivity index (χ1) is 36.7. The summed E-state index contributed by atoms with van der Waals surface area (Å²) in [4.78, 5) is 0. The van der Waals surface area contributed by atoms with Crippen molar-refractivity contribution in [3.63, 3.8) is 0 Å². The molecule has 4 aliphatic rings. The predicted molar refractivity (Wildman–Crippen MR) is 304 cm³/mol. The Kier molecular flexibility index (Phi) is 8.81. The highest BCUT2D eigenvalue weighted by Gasteiger charge is 2.54. The Morgan fingerprint density at radius 1 is 0.176 bits per heavy atom. The lowest BCUT2D eigenvalue weighted by Crippen LogP contribution is -2.35. The van der Waals surface area contributed by atoms with Crippen LogP contribution in [0.3, 0.4) is 0 Å². The van der Waals surface area contributed by atoms with Crippen molar-refractivity contribution < 1.29 is 0 Å². The van der Waals surface area contributed by atoms with Gasteiger partial charge in [0.1, 0.15) is 0 Å². The second-order valence-electron chi connectivity index (χ2n) is 20.9. The van der Waals surface area contributed by atoms with Gasteiger partial charge in [-0.2, -0.15) is 0 Å². The minimum absolute atomic E-state index is 0.0514. The highest BCUT2D eigenvalue weighted by Crippen LogP contribution is 2.67. The number of hydrogen-bond donors (Lipinski definition) is 0. The van der Waals surface area contributed by atoms with Gasteiger partial charge in [0.2, 0.25) is 0 Å². The van der Waals surface area contributed by atoms with Crippen LogP contribution in [0.15, 0.2) is 279 Å². The molecule has 0 unspecified atom stereocenters. The van der Waals surface area contributed by atoms with E-state index in [-0.39, 0.29) is 11.8 Å². The third-order valence-electron chi connectivity index (χ3n) is 17.5. The molecule has 0 fully saturated rings. The van der Waals surface area contributed by atoms with Gasteiger partial charge in [0, 0.05) is 11.8 Å². The molecular formula is C74H48. The Labute approximate surface area is 432 Å². The fraction of sp³-hybridized carbons (Fsp3) is 0.0541. The molecule has 0 aliphatic heterocycles. The minimum Gasteiger partial charge on any atom is -0.0622 e. The van der Waals surface area contributed by atoms with Crippen molar-refractivity contribution in [1.29, 1.82) is 0 Å². The van der Waals surface area contributed by atoms with E-state index in [1.54, 1.807) is 0 Å². The van der Waals surface area contributed by atoms with Crippen molar-refractivity contribution in [2.24, 2.45) is 0 Å². The van der Waals surface area contributed by atoms with Gasteiger partial charge in [-0.3, -0.25) is 0 Å². The summed E-state index contributed by atoms with van der Waals surface area (Å²) in [5, 5.41) is 2.72. The lowest BCUT2D eigenvalue weighted by Gasteiger charge is -2.45. The Hall–Kier alpha value is -9.10. The lowest BCUT2D eigenvalue weighted by molar-refractivity contribution is 0.754. The van der Waals surface area contributed by atoms with Crippen LogP contribution >= 0.6 is 0 Å². The smallest absolute Gasteiger partial charge is 0.0622 e. The van der Waals surface area contributed by atoms with Crippen LogP contribution in [0, 0.1) is 0 Å². The molecule has 0 atom stereocenters. The van der Waals surface area contributed by atoms with Crippen LogP contribution in [0.4, 0.5) is 0 Å². The van der Waals surface area contributed by atoms with E-state index in [1.807, 2.05) is 0 Å². The molecule has 0 saturated carbocycles. The maximum Gasteiger partial charge on any atom is 0.0725 e. The summed E-state index contributed by atoms with van der Waals surface area (Å²) in [6.07, 6.45) is 0. The molecule has 0 saturated heterocycles. The summed E-state index contributed by atoms with van der Waals surface area (Å²) in [7, 11) is 0. The van der Waals surface area contributed by atoms with E-state index < -0.39 is 10.8 Å². The molecular weight excluding hydrogens is 889 g/mol. The molecule has 0 heterocycles. The largest absolute Gasteiger partial charge is 0.0725 e. The topological polar surface area (TPSA) is 0 Å². The Morgan fingerprint density at radius 3 is 0.743 bits per heavy atom. The van der Waals surface area contributed by atoms with Gasteiger partial charge in [-0.25, -0.2) is 0 Å². The van der Waals surface area contributed by atoms with E-state index in [9.17, 15) is 0 Å². The third-order valence-corrected chi connectivity index (χ3v) is 17.5. The predicted octanol–water partition coefficient (Wildman–Crippen LogP) is 17.9. The van der Waals surface area contributed by atoms with Crippen LogP contribution in [0.2, 0.25) is 0 Å². The standard InChI is InChI=1S/C74H48/c1-5-21-47(22-6-1)69(48-23-7-2-8-24-48)51-37-39-57-59-41-42-60-58-40-38-52(70(49-25-9-3-10-26-49)50-27-11-4-12-28-50)46-68(58)74(63-35-19-15-31-55(63)56-32-16-20-36-64(56)74)66-44-43-65(71(59)72(60)66)73(67(57)45-51)61-33-17-13-29-53(61)54-30-14-18-34-62(54)73/h1-46,69-70H. The first kappa shape index (κ1) is 41.5. The van der Waals surface area contributed by atoms with Gasteiger partial charge in [0.05, 0.1) is 10.8 Å². The summed E-state index contributed by atoms with van der Waals surface area (Å²) in [5.41, 5.74) is 27.8. The molecule has 12 aromatic rings. The van der Waals surface area contributed by atoms with E-state index in [1.165, 1.54) is 133 Å². The molecule has 0 heteroatoms. The molecule has 0 N–H and O–H groups in total. The molecule has 0 nitrogen and oxygen atoms in total. The maximum absolute atomic E-state index is 2.60. The molecule has 344 valence electrons. The van der Waals surface area contributed by atoms with E-state index in [2.05, 4.69) is 279 Å². The van der Waals surface area contributed by atoms with Gasteiger partial charge < -0.3 is 0 Å². The van der Waals surface area contributed by atoms with E-state index in [0.29, 0.717) is 0 Å². The van der Waals surface area contributed by atoms with Crippen LogP contribution in [-0.2, 0) is 10.8 Å². The van der Waals surface area contributed by atoms with Gasteiger partial charge in [-0.15, -0.1) is 0 Å². The molecule has 0 radical (unpaired) electrons. The van der Waals surface area contributed by atoms with E-state index >= 15 is 0 Å². The first-order valence-corrected chi connectivity index (χ1v) is 26.2. The third kappa shape index (κ3) is 5.42. The summed E-state index contributed by atoms with van der Waals surface area (Å²) in [5.74, 6) is 0.103. The van der Waals surface area contributed by atoms with Crippen molar-refractivity contribution in [2.45, 2.75) is 22.7 Å². The van der Waals surface area contributed by atoms with Crippen LogP contribution in [0.5, 0.6) is 0 Å². The fourth-order valence-corrected chi connectivity index (χ4v) is 14.8. The molecule has 0 aromatic heterocycles. The Balaban J connectivity index is 1.04. The zero-order valence-corrected chi connectivity index (χ0v) is 40.7. The van der Waals surface area contributed by atoms with Gasteiger partial charge >= 0.3 is 0 Å². The summed E-state index contributed by atoms with van der Waals surface area (Å²) in [6.45, 7) is 0. The van der Waals surface area contributed by atoms with Crippen molar-refractivity contribution in [2.75, 3.05) is 0 Å². The van der Waals surface area contributed by atoms with E-state index in [4.69, 9.17) is 0 Å². The number of rotatable bonds is 6. The summed E-state index contributed by atoms with van der Waals surface area (Å²) >= 11 is 0. The van der Waals surface area contributed by atoms with Gasteiger partial charge in [0.25, 0.3) is 0 Å². The average molecular weight is 937 g/mol. The van der Waals surface area contributed by atoms with Crippen molar-refractivity contribution in [3.05, 3.63) is 357 Å². The minimum atomic E-state index is -0.595. The Morgan fingerprint density at radius 2 is 0.432 bits per heavy atom.